The maximum atomic E-state index is 13.9. The third-order valence-electron chi connectivity index (χ3n) is 3.52. The van der Waals surface area contributed by atoms with Crippen molar-refractivity contribution in [2.24, 2.45) is 0 Å². The normalized spacial score (nSPS) is 11.3. The van der Waals surface area contributed by atoms with E-state index in [0.717, 1.165) is 0 Å². The van der Waals surface area contributed by atoms with E-state index in [-0.39, 0.29) is 30.4 Å². The Morgan fingerprint density at radius 3 is 2.65 bits per heavy atom. The van der Waals surface area contributed by atoms with Crippen LogP contribution in [0.3, 0.4) is 0 Å². The van der Waals surface area contributed by atoms with E-state index in [2.05, 4.69) is 10.4 Å². The van der Waals surface area contributed by atoms with Crippen molar-refractivity contribution in [2.75, 3.05) is 6.54 Å². The predicted molar refractivity (Wildman–Crippen MR) is 81.6 cm³/mol. The summed E-state index contributed by atoms with van der Waals surface area (Å²) in [5, 5.41) is 15.3. The van der Waals surface area contributed by atoms with Crippen LogP contribution in [0.25, 0.3) is 0 Å². The lowest BCUT2D eigenvalue weighted by molar-refractivity contribution is -0.122. The second-order valence-corrected chi connectivity index (χ2v) is 5.87. The van der Waals surface area contributed by atoms with Crippen molar-refractivity contribution in [3.63, 3.8) is 0 Å². The molecular weight excluding hydrogens is 301 g/mol. The van der Waals surface area contributed by atoms with Gasteiger partial charge in [-0.3, -0.25) is 9.48 Å². The number of rotatable bonds is 6. The minimum atomic E-state index is -1.10. The molecule has 0 aliphatic heterocycles. The largest absolute Gasteiger partial charge is 0.478 e. The van der Waals surface area contributed by atoms with Crippen molar-refractivity contribution in [1.29, 1.82) is 0 Å². The molecule has 2 rings (SSSR count). The number of halogens is 1. The summed E-state index contributed by atoms with van der Waals surface area (Å²) in [7, 11) is 0. The van der Waals surface area contributed by atoms with Gasteiger partial charge in [0.25, 0.3) is 0 Å². The van der Waals surface area contributed by atoms with Crippen molar-refractivity contribution in [3.8, 4) is 0 Å². The van der Waals surface area contributed by atoms with Crippen molar-refractivity contribution in [3.05, 3.63) is 53.6 Å². The van der Waals surface area contributed by atoms with Gasteiger partial charge in [-0.15, -0.1) is 0 Å². The number of benzene rings is 1. The molecule has 0 saturated carbocycles. The molecule has 0 aliphatic carbocycles. The van der Waals surface area contributed by atoms with Gasteiger partial charge in [-0.1, -0.05) is 32.0 Å². The Balaban J connectivity index is 1.95. The first kappa shape index (κ1) is 16.7. The van der Waals surface area contributed by atoms with Crippen LogP contribution in [-0.2, 0) is 16.8 Å². The Labute approximate surface area is 132 Å². The first-order chi connectivity index (χ1) is 10.8. The van der Waals surface area contributed by atoms with E-state index < -0.39 is 11.4 Å². The van der Waals surface area contributed by atoms with Gasteiger partial charge in [0, 0.05) is 18.2 Å². The molecule has 122 valence electrons. The summed E-state index contributed by atoms with van der Waals surface area (Å²) in [5.41, 5.74) is -0.0332. The molecule has 2 aromatic rings. The number of carbonyl (C=O) groups excluding carboxylic acids is 1. The number of hydrogen-bond donors (Lipinski definition) is 2. The maximum absolute atomic E-state index is 13.9. The summed E-state index contributed by atoms with van der Waals surface area (Å²) in [4.78, 5) is 22.7. The average molecular weight is 319 g/mol. The zero-order valence-corrected chi connectivity index (χ0v) is 12.9. The Morgan fingerprint density at radius 2 is 2.04 bits per heavy atom. The number of hydrogen-bond acceptors (Lipinski definition) is 3. The van der Waals surface area contributed by atoms with Gasteiger partial charge in [-0.25, -0.2) is 9.18 Å². The lowest BCUT2D eigenvalue weighted by Crippen LogP contribution is -2.38. The molecule has 0 saturated heterocycles. The molecule has 0 unspecified atom stereocenters. The summed E-state index contributed by atoms with van der Waals surface area (Å²) >= 11 is 0. The highest BCUT2D eigenvalue weighted by Crippen LogP contribution is 2.24. The summed E-state index contributed by atoms with van der Waals surface area (Å²) in [6, 6.07) is 6.44. The molecule has 1 heterocycles. The number of aromatic nitrogens is 2. The third-order valence-corrected chi connectivity index (χ3v) is 3.52. The molecule has 1 aromatic heterocycles. The highest BCUT2D eigenvalue weighted by molar-refractivity contribution is 5.87. The Hall–Kier alpha value is -2.70. The molecular formula is C16H18FN3O3. The van der Waals surface area contributed by atoms with E-state index >= 15 is 0 Å². The van der Waals surface area contributed by atoms with Gasteiger partial charge in [0.15, 0.2) is 0 Å². The molecule has 1 amide bonds. The van der Waals surface area contributed by atoms with Crippen molar-refractivity contribution in [1.82, 2.24) is 15.1 Å². The lowest BCUT2D eigenvalue weighted by Gasteiger charge is -2.26. The SMILES string of the molecule is CC(C)(CNC(=O)Cn1cc(C(=O)O)cn1)c1ccccc1F. The van der Waals surface area contributed by atoms with Crippen LogP contribution in [0.15, 0.2) is 36.7 Å². The molecule has 7 heteroatoms. The quantitative estimate of drug-likeness (QED) is 0.850. The van der Waals surface area contributed by atoms with E-state index in [9.17, 15) is 14.0 Å². The summed E-state index contributed by atoms with van der Waals surface area (Å²) in [6.07, 6.45) is 2.46. The molecule has 0 bridgehead atoms. The van der Waals surface area contributed by atoms with Crippen LogP contribution >= 0.6 is 0 Å². The van der Waals surface area contributed by atoms with Crippen LogP contribution in [0.4, 0.5) is 4.39 Å². The maximum Gasteiger partial charge on any atom is 0.338 e. The van der Waals surface area contributed by atoms with E-state index in [1.54, 1.807) is 18.2 Å². The highest BCUT2D eigenvalue weighted by Gasteiger charge is 2.24. The zero-order valence-electron chi connectivity index (χ0n) is 12.9. The summed E-state index contributed by atoms with van der Waals surface area (Å²) < 4.78 is 15.1. The highest BCUT2D eigenvalue weighted by atomic mass is 19.1. The Morgan fingerprint density at radius 1 is 1.35 bits per heavy atom. The third kappa shape index (κ3) is 4.15. The second-order valence-electron chi connectivity index (χ2n) is 5.87. The van der Waals surface area contributed by atoms with Crippen LogP contribution < -0.4 is 5.32 Å². The fourth-order valence-electron chi connectivity index (χ4n) is 2.19. The van der Waals surface area contributed by atoms with Crippen LogP contribution in [0, 0.1) is 5.82 Å². The van der Waals surface area contributed by atoms with Crippen LogP contribution in [-0.4, -0.2) is 33.3 Å². The van der Waals surface area contributed by atoms with Gasteiger partial charge in [-0.2, -0.15) is 5.10 Å². The fraction of sp³-hybridized carbons (Fsp3) is 0.312. The molecule has 0 aliphatic rings. The standard InChI is InChI=1S/C16H18FN3O3/c1-16(2,12-5-3-4-6-13(12)17)10-18-14(21)9-20-8-11(7-19-20)15(22)23/h3-8H,9-10H2,1-2H3,(H,18,21)(H,22,23). The number of nitrogens with zero attached hydrogens (tertiary/aromatic N) is 2. The molecule has 23 heavy (non-hydrogen) atoms. The average Bonchev–Trinajstić information content (AvgIpc) is 2.94. The first-order valence-corrected chi connectivity index (χ1v) is 7.07. The van der Waals surface area contributed by atoms with Gasteiger partial charge in [-0.05, 0) is 11.6 Å². The van der Waals surface area contributed by atoms with E-state index in [4.69, 9.17) is 5.11 Å². The molecule has 1 aromatic carbocycles. The summed E-state index contributed by atoms with van der Waals surface area (Å²) in [6.45, 7) is 3.82. The van der Waals surface area contributed by atoms with Crippen molar-refractivity contribution in [2.45, 2.75) is 25.8 Å². The monoisotopic (exact) mass is 319 g/mol. The van der Waals surface area contributed by atoms with Crippen molar-refractivity contribution >= 4 is 11.9 Å². The van der Waals surface area contributed by atoms with Crippen LogP contribution in [0.5, 0.6) is 0 Å². The van der Waals surface area contributed by atoms with Gasteiger partial charge >= 0.3 is 5.97 Å². The molecule has 0 atom stereocenters. The topological polar surface area (TPSA) is 84.2 Å². The fourth-order valence-corrected chi connectivity index (χ4v) is 2.19. The number of carboxylic acid groups (broad SMARTS) is 1. The molecule has 6 nitrogen and oxygen atoms in total. The predicted octanol–water partition coefficient (Wildman–Crippen LogP) is 1.81. The molecule has 0 radical (unpaired) electrons. The Bertz CT molecular complexity index is 725. The first-order valence-electron chi connectivity index (χ1n) is 7.07. The summed E-state index contributed by atoms with van der Waals surface area (Å²) in [5.74, 6) is -1.74. The van der Waals surface area contributed by atoms with E-state index in [1.807, 2.05) is 13.8 Å². The number of amides is 1. The minimum absolute atomic E-state index is 0.0180. The second kappa shape index (κ2) is 6.60. The smallest absolute Gasteiger partial charge is 0.338 e. The van der Waals surface area contributed by atoms with Gasteiger partial charge in [0.05, 0.1) is 11.8 Å². The molecule has 0 spiro atoms. The van der Waals surface area contributed by atoms with Crippen LogP contribution in [0.2, 0.25) is 0 Å². The zero-order chi connectivity index (χ0) is 17.0. The number of nitrogens with one attached hydrogen (secondary N) is 1. The number of carboxylic acids is 1. The molecule has 2 N–H and O–H groups in total. The Kier molecular flexibility index (Phi) is 4.78. The van der Waals surface area contributed by atoms with Gasteiger partial charge in [0.1, 0.15) is 12.4 Å². The van der Waals surface area contributed by atoms with Gasteiger partial charge in [0.2, 0.25) is 5.91 Å². The van der Waals surface area contributed by atoms with E-state index in [0.29, 0.717) is 5.56 Å². The number of aromatic carboxylic acids is 1. The molecule has 0 fully saturated rings. The van der Waals surface area contributed by atoms with Gasteiger partial charge < -0.3 is 10.4 Å². The number of carbonyl (C=O) groups is 2. The van der Waals surface area contributed by atoms with E-state index in [1.165, 1.54) is 23.1 Å². The minimum Gasteiger partial charge on any atom is -0.478 e. The lowest BCUT2D eigenvalue weighted by atomic mass is 9.84. The van der Waals surface area contributed by atoms with Crippen LogP contribution in [0.1, 0.15) is 29.8 Å². The van der Waals surface area contributed by atoms with Crippen molar-refractivity contribution < 1.29 is 19.1 Å².